The van der Waals surface area contributed by atoms with E-state index >= 15 is 0 Å². The highest BCUT2D eigenvalue weighted by Gasteiger charge is 2.47. The minimum atomic E-state index is -0.147. The lowest BCUT2D eigenvalue weighted by Crippen LogP contribution is -2.26. The number of nitrogens with zero attached hydrogens (tertiary/aromatic N) is 2. The summed E-state index contributed by atoms with van der Waals surface area (Å²) in [5.74, 6) is 0.530. The number of anilines is 6. The summed E-state index contributed by atoms with van der Waals surface area (Å²) in [4.78, 5) is 5.29. The third-order valence-electron chi connectivity index (χ3n) is 31.8. The molecule has 0 aromatic heterocycles. The van der Waals surface area contributed by atoms with Crippen molar-refractivity contribution in [3.8, 4) is 66.8 Å². The average molecular weight is 1690 g/mol. The number of unbranched alkanes of at least 4 members (excludes halogenated alkanes) is 30. The number of hydrogen-bond acceptors (Lipinski definition) is 2. The van der Waals surface area contributed by atoms with Gasteiger partial charge in [-0.15, -0.1) is 0 Å². The Hall–Kier alpha value is -8.98. The summed E-state index contributed by atoms with van der Waals surface area (Å²) < 4.78 is 0. The minimum absolute atomic E-state index is 0.0270. The summed E-state index contributed by atoms with van der Waals surface area (Å²) in [5.41, 5.74) is 41.0. The van der Waals surface area contributed by atoms with Crippen LogP contribution in [0.25, 0.3) is 66.8 Å². The van der Waals surface area contributed by atoms with Crippen LogP contribution in [0.4, 0.5) is 34.1 Å². The van der Waals surface area contributed by atoms with Gasteiger partial charge < -0.3 is 9.80 Å². The molecule has 5 aliphatic rings. The number of fused-ring (bicyclic) bond motifs is 11. The molecule has 0 saturated heterocycles. The van der Waals surface area contributed by atoms with E-state index in [1.54, 1.807) is 33.4 Å². The Morgan fingerprint density at radius 1 is 0.213 bits per heavy atom. The van der Waals surface area contributed by atoms with Crippen molar-refractivity contribution >= 4 is 34.1 Å². The van der Waals surface area contributed by atoms with E-state index in [-0.39, 0.29) is 16.2 Å². The van der Waals surface area contributed by atoms with Gasteiger partial charge in [0.2, 0.25) is 0 Å². The molecule has 1 atom stereocenters. The zero-order valence-electron chi connectivity index (χ0n) is 80.1. The van der Waals surface area contributed by atoms with Crippen LogP contribution in [0, 0.1) is 0 Å². The fourth-order valence-electron chi connectivity index (χ4n) is 23.8. The van der Waals surface area contributed by atoms with Gasteiger partial charge >= 0.3 is 0 Å². The monoisotopic (exact) mass is 1690 g/mol. The second kappa shape index (κ2) is 44.1. The van der Waals surface area contributed by atoms with Crippen LogP contribution in [0.5, 0.6) is 0 Å². The first kappa shape index (κ1) is 91.3. The van der Waals surface area contributed by atoms with Crippen LogP contribution in [0.3, 0.4) is 0 Å². The molecule has 0 spiro atoms. The molecule has 11 aromatic rings. The first-order chi connectivity index (χ1) is 62.6. The zero-order valence-corrected chi connectivity index (χ0v) is 80.1. The molecular weight excluding hydrogens is 1530 g/mol. The molecular formula is C125H156N2. The molecule has 0 aliphatic heterocycles. The number of benzene rings is 11. The molecule has 16 rings (SSSR count). The van der Waals surface area contributed by atoms with Crippen molar-refractivity contribution in [3.63, 3.8) is 0 Å². The van der Waals surface area contributed by atoms with Crippen LogP contribution in [0.1, 0.15) is 399 Å². The smallest absolute Gasteiger partial charge is 0.0465 e. The van der Waals surface area contributed by atoms with Crippen molar-refractivity contribution in [2.24, 2.45) is 0 Å². The van der Waals surface area contributed by atoms with Crippen LogP contribution in [-0.4, -0.2) is 0 Å². The zero-order chi connectivity index (χ0) is 87.4. The van der Waals surface area contributed by atoms with Crippen molar-refractivity contribution in [2.45, 2.75) is 379 Å². The topological polar surface area (TPSA) is 6.48 Å². The molecule has 5 aliphatic carbocycles. The van der Waals surface area contributed by atoms with E-state index in [1.807, 2.05) is 0 Å². The fraction of sp³-hybridized carbons (Fsp3) is 0.472. The molecule has 127 heavy (non-hydrogen) atoms. The molecule has 0 N–H and O–H groups in total. The van der Waals surface area contributed by atoms with E-state index in [1.165, 1.54) is 398 Å². The number of hydrogen-bond donors (Lipinski definition) is 0. The molecule has 11 aromatic carbocycles. The molecule has 0 radical (unpaired) electrons. The van der Waals surface area contributed by atoms with Crippen LogP contribution in [0.2, 0.25) is 0 Å². The molecule has 1 unspecified atom stereocenters. The van der Waals surface area contributed by atoms with E-state index in [0.29, 0.717) is 5.92 Å². The maximum atomic E-state index is 2.72. The highest BCUT2D eigenvalue weighted by atomic mass is 15.1. The normalized spacial score (nSPS) is 14.4. The van der Waals surface area contributed by atoms with E-state index in [2.05, 4.69) is 290 Å². The molecule has 0 bridgehead atoms. The van der Waals surface area contributed by atoms with Crippen molar-refractivity contribution < 1.29 is 0 Å². The van der Waals surface area contributed by atoms with Gasteiger partial charge in [0.1, 0.15) is 0 Å². The standard InChI is InChI=1S/C125H156N2/c1-9-16-22-28-34-43-79-123(80-44-35-29-23-17-10-2)118-88-102(94-49-41-40-42-50-94)62-74-112(118)113-75-63-103(89-119(113)123)97-55-65-106(66-56-97)127(108-70-60-96-52-54-101(96)86-108)110-72-78-116-114-76-64-104(90-120(114)125(122(116)92-110,83-47-38-32-26-20-13-5)84-48-39-33-27-21-14-6)98-57-67-105(68-58-98)126(107-69-59-95-51-53-100(95)85-107)109-71-77-115-111-73-61-99(93(8)15-7)87-117(111)124(121(115)91-109,81-45-36-30-24-18-11-3)82-46-37-31-25-19-12-4/h40-42,49-50,55-78,85-93H,9-39,43-48,51-54,79-84H2,1-8H3. The lowest BCUT2D eigenvalue weighted by molar-refractivity contribution is 0.397. The fourth-order valence-corrected chi connectivity index (χ4v) is 23.8. The van der Waals surface area contributed by atoms with Crippen molar-refractivity contribution in [1.29, 1.82) is 0 Å². The Morgan fingerprint density at radius 3 is 0.756 bits per heavy atom. The van der Waals surface area contributed by atoms with Gasteiger partial charge in [0.15, 0.2) is 0 Å². The third kappa shape index (κ3) is 20.2. The summed E-state index contributed by atoms with van der Waals surface area (Å²) in [7, 11) is 0. The largest absolute Gasteiger partial charge is 0.310 e. The highest BCUT2D eigenvalue weighted by molar-refractivity contribution is 5.92. The Kier molecular flexibility index (Phi) is 31.7. The number of aryl methyl sites for hydroxylation is 4. The predicted molar refractivity (Wildman–Crippen MR) is 552 cm³/mol. The SMILES string of the molecule is CCCCCCCCC1(CCCCCCCC)c2cc(-c3ccccc3)ccc2-c2ccc(-c3ccc(N(c4ccc5c(c4)CC5)c4ccc5c(c4)C(CCCCCCCC)(CCCCCCCC)c4cc(-c6ccc(N(c7ccc8c(c7)CC8)c7ccc8c(c7)C(CCCCCCCC)(CCCCCCCC)c7cc(C(C)CC)ccc7-8)cc6)ccc4-5)cc3)cc21. The summed E-state index contributed by atoms with van der Waals surface area (Å²) in [5, 5.41) is 0. The van der Waals surface area contributed by atoms with Gasteiger partial charge in [-0.1, -0.05) is 420 Å². The molecule has 666 valence electrons. The maximum Gasteiger partial charge on any atom is 0.0465 e. The van der Waals surface area contributed by atoms with Crippen LogP contribution < -0.4 is 9.80 Å². The highest BCUT2D eigenvalue weighted by Crippen LogP contribution is 2.61. The molecule has 2 heteroatoms. The van der Waals surface area contributed by atoms with Gasteiger partial charge in [0.05, 0.1) is 0 Å². The summed E-state index contributed by atoms with van der Waals surface area (Å²) in [6, 6.07) is 92.1. The molecule has 0 saturated carbocycles. The second-order valence-electron chi connectivity index (χ2n) is 40.2. The summed E-state index contributed by atoms with van der Waals surface area (Å²) >= 11 is 0. The van der Waals surface area contributed by atoms with Gasteiger partial charge in [-0.25, -0.2) is 0 Å². The van der Waals surface area contributed by atoms with Crippen LogP contribution >= 0.6 is 0 Å². The molecule has 0 fully saturated rings. The van der Waals surface area contributed by atoms with Crippen molar-refractivity contribution in [3.05, 3.63) is 286 Å². The predicted octanol–water partition coefficient (Wildman–Crippen LogP) is 38.6. The lowest BCUT2D eigenvalue weighted by atomic mass is 9.70. The lowest BCUT2D eigenvalue weighted by Gasteiger charge is -2.35. The van der Waals surface area contributed by atoms with Gasteiger partial charge in [-0.05, 0) is 296 Å². The van der Waals surface area contributed by atoms with E-state index in [9.17, 15) is 0 Å². The Morgan fingerprint density at radius 2 is 0.457 bits per heavy atom. The first-order valence-corrected chi connectivity index (χ1v) is 52.6. The third-order valence-corrected chi connectivity index (χ3v) is 31.8. The Balaban J connectivity index is 0.764. The maximum absolute atomic E-state index is 2.72. The van der Waals surface area contributed by atoms with Gasteiger partial charge in [0.25, 0.3) is 0 Å². The quantitative estimate of drug-likeness (QED) is 0.0351. The minimum Gasteiger partial charge on any atom is -0.310 e. The Bertz CT molecular complexity index is 5330. The molecule has 0 heterocycles. The van der Waals surface area contributed by atoms with Crippen molar-refractivity contribution in [1.82, 2.24) is 0 Å². The summed E-state index contributed by atoms with van der Waals surface area (Å²) in [6.45, 7) is 19.0. The van der Waals surface area contributed by atoms with Gasteiger partial charge in [-0.2, -0.15) is 0 Å². The van der Waals surface area contributed by atoms with Crippen LogP contribution in [-0.2, 0) is 41.9 Å². The number of rotatable bonds is 53. The van der Waals surface area contributed by atoms with E-state index < -0.39 is 0 Å². The molecule has 0 amide bonds. The average Bonchev–Trinajstić information content (AvgIpc) is 1.57. The second-order valence-corrected chi connectivity index (χ2v) is 40.2. The van der Waals surface area contributed by atoms with Gasteiger partial charge in [-0.3, -0.25) is 0 Å². The van der Waals surface area contributed by atoms with Crippen molar-refractivity contribution in [2.75, 3.05) is 9.80 Å². The first-order valence-electron chi connectivity index (χ1n) is 52.6. The molecule has 2 nitrogen and oxygen atoms in total. The summed E-state index contributed by atoms with van der Waals surface area (Å²) in [6.07, 6.45) is 60.0. The van der Waals surface area contributed by atoms with Gasteiger partial charge in [0, 0.05) is 50.4 Å². The Labute approximate surface area is 770 Å². The van der Waals surface area contributed by atoms with Crippen LogP contribution in [0.15, 0.2) is 224 Å². The van der Waals surface area contributed by atoms with E-state index in [0.717, 1.165) is 32.1 Å². The van der Waals surface area contributed by atoms with E-state index in [4.69, 9.17) is 0 Å².